The van der Waals surface area contributed by atoms with Gasteiger partial charge in [0.1, 0.15) is 5.82 Å². The van der Waals surface area contributed by atoms with Crippen molar-refractivity contribution in [2.24, 2.45) is 0 Å². The van der Waals surface area contributed by atoms with Crippen molar-refractivity contribution in [1.82, 2.24) is 25.4 Å². The second-order valence-corrected chi connectivity index (χ2v) is 6.41. The Morgan fingerprint density at radius 2 is 2.00 bits per heavy atom. The summed E-state index contributed by atoms with van der Waals surface area (Å²) in [5.41, 5.74) is 0.957. The molecule has 0 spiro atoms. The third-order valence-corrected chi connectivity index (χ3v) is 4.76. The van der Waals surface area contributed by atoms with Gasteiger partial charge in [0.25, 0.3) is 0 Å². The highest BCUT2D eigenvalue weighted by Gasteiger charge is 2.31. The lowest BCUT2D eigenvalue weighted by atomic mass is 10.1. The maximum absolute atomic E-state index is 12.6. The monoisotopic (exact) mass is 311 g/mol. The zero-order valence-electron chi connectivity index (χ0n) is 13.0. The van der Waals surface area contributed by atoms with Gasteiger partial charge in [-0.1, -0.05) is 30.3 Å². The number of aromatic amines is 1. The van der Waals surface area contributed by atoms with Gasteiger partial charge in [-0.25, -0.2) is 4.98 Å². The van der Waals surface area contributed by atoms with E-state index in [4.69, 9.17) is 0 Å². The molecular formula is C17H21N5O. The highest BCUT2D eigenvalue weighted by molar-refractivity contribution is 5.78. The van der Waals surface area contributed by atoms with Crippen LogP contribution in [0.4, 0.5) is 0 Å². The normalized spacial score (nSPS) is 23.7. The van der Waals surface area contributed by atoms with Gasteiger partial charge >= 0.3 is 0 Å². The molecule has 2 N–H and O–H groups in total. The SMILES string of the molecule is O=C(Cc1nc(-c2ccccc2)n[nH]1)N1CC[C@H]2CC[C@@H](C1)N2. The average molecular weight is 311 g/mol. The van der Waals surface area contributed by atoms with Crippen molar-refractivity contribution in [2.75, 3.05) is 13.1 Å². The molecule has 6 heteroatoms. The van der Waals surface area contributed by atoms with Crippen LogP contribution in [0.15, 0.2) is 30.3 Å². The van der Waals surface area contributed by atoms with Crippen LogP contribution >= 0.6 is 0 Å². The fourth-order valence-corrected chi connectivity index (χ4v) is 3.52. The summed E-state index contributed by atoms with van der Waals surface area (Å²) in [5, 5.41) is 10.7. The molecule has 2 bridgehead atoms. The number of likely N-dealkylation sites (tertiary alicyclic amines) is 1. The maximum Gasteiger partial charge on any atom is 0.230 e. The summed E-state index contributed by atoms with van der Waals surface area (Å²) >= 11 is 0. The van der Waals surface area contributed by atoms with E-state index in [1.165, 1.54) is 12.8 Å². The number of carbonyl (C=O) groups is 1. The van der Waals surface area contributed by atoms with E-state index in [-0.39, 0.29) is 12.3 Å². The van der Waals surface area contributed by atoms with E-state index in [1.807, 2.05) is 35.2 Å². The van der Waals surface area contributed by atoms with Crippen molar-refractivity contribution < 1.29 is 4.79 Å². The van der Waals surface area contributed by atoms with Gasteiger partial charge in [0.05, 0.1) is 6.42 Å². The number of aromatic nitrogens is 3. The highest BCUT2D eigenvalue weighted by Crippen LogP contribution is 2.21. The zero-order valence-corrected chi connectivity index (χ0v) is 13.0. The molecule has 1 aromatic heterocycles. The van der Waals surface area contributed by atoms with Crippen LogP contribution in [0.25, 0.3) is 11.4 Å². The highest BCUT2D eigenvalue weighted by atomic mass is 16.2. The summed E-state index contributed by atoms with van der Waals surface area (Å²) in [5.74, 6) is 1.41. The second-order valence-electron chi connectivity index (χ2n) is 6.41. The van der Waals surface area contributed by atoms with Crippen molar-refractivity contribution in [3.63, 3.8) is 0 Å². The van der Waals surface area contributed by atoms with Crippen LogP contribution in [0.5, 0.6) is 0 Å². The Bertz CT molecular complexity index is 683. The first-order valence-corrected chi connectivity index (χ1v) is 8.28. The third-order valence-electron chi connectivity index (χ3n) is 4.76. The van der Waals surface area contributed by atoms with Crippen LogP contribution in [0.2, 0.25) is 0 Å². The molecule has 1 amide bonds. The number of benzene rings is 1. The van der Waals surface area contributed by atoms with Gasteiger partial charge < -0.3 is 10.2 Å². The number of fused-ring (bicyclic) bond motifs is 2. The van der Waals surface area contributed by atoms with Gasteiger partial charge in [-0.15, -0.1) is 0 Å². The molecule has 3 heterocycles. The summed E-state index contributed by atoms with van der Waals surface area (Å²) in [6.45, 7) is 1.65. The topological polar surface area (TPSA) is 73.9 Å². The minimum absolute atomic E-state index is 0.134. The van der Waals surface area contributed by atoms with Crippen LogP contribution in [0, 0.1) is 0 Å². The summed E-state index contributed by atoms with van der Waals surface area (Å²) in [4.78, 5) is 19.0. The third kappa shape index (κ3) is 3.12. The van der Waals surface area contributed by atoms with Crippen LogP contribution in [0.3, 0.4) is 0 Å². The Morgan fingerprint density at radius 1 is 1.17 bits per heavy atom. The second kappa shape index (κ2) is 6.12. The van der Waals surface area contributed by atoms with Gasteiger partial charge in [0, 0.05) is 30.7 Å². The average Bonchev–Trinajstić information content (AvgIpc) is 3.14. The lowest BCUT2D eigenvalue weighted by Gasteiger charge is -2.23. The molecule has 0 radical (unpaired) electrons. The van der Waals surface area contributed by atoms with Gasteiger partial charge in [-0.05, 0) is 19.3 Å². The molecule has 120 valence electrons. The molecule has 2 aliphatic heterocycles. The van der Waals surface area contributed by atoms with Crippen molar-refractivity contribution >= 4 is 5.91 Å². The lowest BCUT2D eigenvalue weighted by molar-refractivity contribution is -0.130. The molecule has 2 saturated heterocycles. The van der Waals surface area contributed by atoms with Crippen LogP contribution in [-0.2, 0) is 11.2 Å². The van der Waals surface area contributed by atoms with E-state index in [0.29, 0.717) is 23.7 Å². The van der Waals surface area contributed by atoms with Crippen LogP contribution < -0.4 is 5.32 Å². The Hall–Kier alpha value is -2.21. The Labute approximate surface area is 135 Å². The lowest BCUT2D eigenvalue weighted by Crippen LogP contribution is -2.39. The van der Waals surface area contributed by atoms with E-state index in [2.05, 4.69) is 20.5 Å². The van der Waals surface area contributed by atoms with Gasteiger partial charge in [0.2, 0.25) is 5.91 Å². The quantitative estimate of drug-likeness (QED) is 0.898. The molecule has 1 aromatic carbocycles. The van der Waals surface area contributed by atoms with E-state index in [0.717, 1.165) is 25.1 Å². The van der Waals surface area contributed by atoms with E-state index in [9.17, 15) is 4.79 Å². The molecule has 0 aliphatic carbocycles. The minimum Gasteiger partial charge on any atom is -0.341 e. The molecular weight excluding hydrogens is 290 g/mol. The number of hydrogen-bond acceptors (Lipinski definition) is 4. The van der Waals surface area contributed by atoms with Gasteiger partial charge in [-0.3, -0.25) is 9.89 Å². The molecule has 0 unspecified atom stereocenters. The number of nitrogens with one attached hydrogen (secondary N) is 2. The smallest absolute Gasteiger partial charge is 0.230 e. The number of carbonyl (C=O) groups excluding carboxylic acids is 1. The van der Waals surface area contributed by atoms with Gasteiger partial charge in [0.15, 0.2) is 5.82 Å². The van der Waals surface area contributed by atoms with Crippen molar-refractivity contribution in [1.29, 1.82) is 0 Å². The zero-order chi connectivity index (χ0) is 15.6. The van der Waals surface area contributed by atoms with Crippen molar-refractivity contribution in [2.45, 2.75) is 37.8 Å². The number of nitrogens with zero attached hydrogens (tertiary/aromatic N) is 3. The first-order chi connectivity index (χ1) is 11.3. The predicted octanol–water partition coefficient (Wildman–Crippen LogP) is 1.37. The minimum atomic E-state index is 0.134. The summed E-state index contributed by atoms with van der Waals surface area (Å²) in [6, 6.07) is 10.8. The van der Waals surface area contributed by atoms with Crippen molar-refractivity contribution in [3.8, 4) is 11.4 Å². The Morgan fingerprint density at radius 3 is 2.87 bits per heavy atom. The van der Waals surface area contributed by atoms with Crippen LogP contribution in [0.1, 0.15) is 25.1 Å². The summed E-state index contributed by atoms with van der Waals surface area (Å²) < 4.78 is 0. The molecule has 2 aromatic rings. The summed E-state index contributed by atoms with van der Waals surface area (Å²) in [6.07, 6.45) is 3.76. The largest absolute Gasteiger partial charge is 0.341 e. The van der Waals surface area contributed by atoms with Crippen molar-refractivity contribution in [3.05, 3.63) is 36.2 Å². The fraction of sp³-hybridized carbons (Fsp3) is 0.471. The molecule has 2 aliphatic rings. The number of H-pyrrole nitrogens is 1. The fourth-order valence-electron chi connectivity index (χ4n) is 3.52. The summed E-state index contributed by atoms with van der Waals surface area (Å²) in [7, 11) is 0. The molecule has 6 nitrogen and oxygen atoms in total. The number of hydrogen-bond donors (Lipinski definition) is 2. The molecule has 2 fully saturated rings. The van der Waals surface area contributed by atoms with Gasteiger partial charge in [-0.2, -0.15) is 5.10 Å². The maximum atomic E-state index is 12.6. The van der Waals surface area contributed by atoms with E-state index >= 15 is 0 Å². The molecule has 0 saturated carbocycles. The van der Waals surface area contributed by atoms with E-state index < -0.39 is 0 Å². The molecule has 2 atom stereocenters. The Balaban J connectivity index is 1.42. The Kier molecular flexibility index (Phi) is 3.83. The number of amides is 1. The van der Waals surface area contributed by atoms with E-state index in [1.54, 1.807) is 0 Å². The first kappa shape index (κ1) is 14.4. The first-order valence-electron chi connectivity index (χ1n) is 8.28. The van der Waals surface area contributed by atoms with Crippen LogP contribution in [-0.4, -0.2) is 51.2 Å². The number of rotatable bonds is 3. The standard InChI is InChI=1S/C17H21N5O/c23-16(22-9-8-13-6-7-14(11-22)18-13)10-15-19-17(21-20-15)12-4-2-1-3-5-12/h1-5,13-14,18H,6-11H2,(H,19,20,21)/t13-,14+/m1/s1. The predicted molar refractivity (Wildman–Crippen MR) is 86.7 cm³/mol. The molecule has 4 rings (SSSR count). The molecule has 23 heavy (non-hydrogen) atoms.